The molecular formula is C21H22ClFN2O2. The first kappa shape index (κ1) is 19.4. The van der Waals surface area contributed by atoms with Crippen molar-refractivity contribution in [3.05, 3.63) is 64.9 Å². The van der Waals surface area contributed by atoms with Gasteiger partial charge < -0.3 is 10.2 Å². The standard InChI is InChI=1S/C21H22ClFN2O2/c1-14(13-15-5-2-3-6-18(15)23)21(27)25-12-4-7-19(25)20(26)24-17-10-8-16(22)9-11-17/h2-3,5-6,8-11,14,19H,4,7,12-13H2,1H3,(H,24,26)/t14?,19-/m0/s1. The van der Waals surface area contributed by atoms with Crippen molar-refractivity contribution >= 4 is 29.1 Å². The van der Waals surface area contributed by atoms with Gasteiger partial charge in [0.2, 0.25) is 11.8 Å². The average Bonchev–Trinajstić information content (AvgIpc) is 3.14. The second-order valence-electron chi connectivity index (χ2n) is 6.88. The highest BCUT2D eigenvalue weighted by Crippen LogP contribution is 2.24. The summed E-state index contributed by atoms with van der Waals surface area (Å²) in [5.41, 5.74) is 1.16. The summed E-state index contributed by atoms with van der Waals surface area (Å²) >= 11 is 5.86. The Kier molecular flexibility index (Phi) is 6.11. The van der Waals surface area contributed by atoms with E-state index >= 15 is 0 Å². The third kappa shape index (κ3) is 4.66. The summed E-state index contributed by atoms with van der Waals surface area (Å²) in [5.74, 6) is -1.03. The Morgan fingerprint density at radius 3 is 2.63 bits per heavy atom. The molecule has 1 heterocycles. The highest BCUT2D eigenvalue weighted by Gasteiger charge is 2.36. The molecule has 2 aromatic carbocycles. The SMILES string of the molecule is CC(Cc1ccccc1F)C(=O)N1CCC[C@H]1C(=O)Nc1ccc(Cl)cc1. The lowest BCUT2D eigenvalue weighted by molar-refractivity contribution is -0.139. The van der Waals surface area contributed by atoms with Crippen LogP contribution in [0, 0.1) is 11.7 Å². The molecule has 1 saturated heterocycles. The fraction of sp³-hybridized carbons (Fsp3) is 0.333. The van der Waals surface area contributed by atoms with E-state index < -0.39 is 12.0 Å². The maximum absolute atomic E-state index is 13.9. The van der Waals surface area contributed by atoms with Gasteiger partial charge in [-0.15, -0.1) is 0 Å². The van der Waals surface area contributed by atoms with E-state index in [0.29, 0.717) is 35.7 Å². The predicted molar refractivity (Wildman–Crippen MR) is 104 cm³/mol. The molecule has 142 valence electrons. The van der Waals surface area contributed by atoms with Gasteiger partial charge in [0.25, 0.3) is 0 Å². The van der Waals surface area contributed by atoms with E-state index in [1.54, 1.807) is 54.3 Å². The zero-order chi connectivity index (χ0) is 19.4. The molecule has 2 aromatic rings. The van der Waals surface area contributed by atoms with Crippen molar-refractivity contribution in [2.45, 2.75) is 32.2 Å². The monoisotopic (exact) mass is 388 g/mol. The van der Waals surface area contributed by atoms with E-state index in [-0.39, 0.29) is 17.6 Å². The van der Waals surface area contributed by atoms with Crippen molar-refractivity contribution in [3.8, 4) is 0 Å². The first-order chi connectivity index (χ1) is 13.0. The van der Waals surface area contributed by atoms with Crippen molar-refractivity contribution < 1.29 is 14.0 Å². The number of carbonyl (C=O) groups is 2. The van der Waals surface area contributed by atoms with Gasteiger partial charge in [-0.05, 0) is 55.2 Å². The molecule has 0 bridgehead atoms. The van der Waals surface area contributed by atoms with Crippen LogP contribution >= 0.6 is 11.6 Å². The Hall–Kier alpha value is -2.40. The van der Waals surface area contributed by atoms with Gasteiger partial charge in [0, 0.05) is 23.2 Å². The van der Waals surface area contributed by atoms with Crippen molar-refractivity contribution in [1.29, 1.82) is 0 Å². The predicted octanol–water partition coefficient (Wildman–Crippen LogP) is 4.29. The lowest BCUT2D eigenvalue weighted by atomic mass is 9.99. The number of anilines is 1. The molecule has 0 spiro atoms. The molecule has 1 aliphatic rings. The fourth-order valence-corrected chi connectivity index (χ4v) is 3.55. The number of hydrogen-bond acceptors (Lipinski definition) is 2. The van der Waals surface area contributed by atoms with Crippen molar-refractivity contribution in [2.75, 3.05) is 11.9 Å². The topological polar surface area (TPSA) is 49.4 Å². The number of nitrogens with one attached hydrogen (secondary N) is 1. The van der Waals surface area contributed by atoms with Gasteiger partial charge in [-0.3, -0.25) is 9.59 Å². The first-order valence-electron chi connectivity index (χ1n) is 9.06. The number of amides is 2. The van der Waals surface area contributed by atoms with Gasteiger partial charge >= 0.3 is 0 Å². The summed E-state index contributed by atoms with van der Waals surface area (Å²) in [6.45, 7) is 2.32. The van der Waals surface area contributed by atoms with Gasteiger partial charge in [0.05, 0.1) is 0 Å². The Bertz CT molecular complexity index is 825. The van der Waals surface area contributed by atoms with Crippen molar-refractivity contribution in [1.82, 2.24) is 4.90 Å². The van der Waals surface area contributed by atoms with Crippen molar-refractivity contribution in [3.63, 3.8) is 0 Å². The highest BCUT2D eigenvalue weighted by atomic mass is 35.5. The number of likely N-dealkylation sites (tertiary alicyclic amines) is 1. The molecule has 2 amide bonds. The van der Waals surface area contributed by atoms with E-state index in [1.807, 2.05) is 0 Å². The maximum Gasteiger partial charge on any atom is 0.247 e. The van der Waals surface area contributed by atoms with Crippen LogP contribution in [0.15, 0.2) is 48.5 Å². The number of rotatable bonds is 5. The molecule has 0 aromatic heterocycles. The van der Waals surface area contributed by atoms with Crippen LogP contribution in [0.4, 0.5) is 10.1 Å². The number of carbonyl (C=O) groups excluding carboxylic acids is 2. The van der Waals surface area contributed by atoms with Crippen LogP contribution in [0.2, 0.25) is 5.02 Å². The molecule has 0 radical (unpaired) electrons. The van der Waals surface area contributed by atoms with Crippen LogP contribution in [0.3, 0.4) is 0 Å². The Labute approximate surface area is 163 Å². The quantitative estimate of drug-likeness (QED) is 0.830. The molecular weight excluding hydrogens is 367 g/mol. The van der Waals surface area contributed by atoms with E-state index in [0.717, 1.165) is 6.42 Å². The highest BCUT2D eigenvalue weighted by molar-refractivity contribution is 6.30. The normalized spacial score (nSPS) is 17.6. The fourth-order valence-electron chi connectivity index (χ4n) is 3.43. The zero-order valence-electron chi connectivity index (χ0n) is 15.1. The second-order valence-corrected chi connectivity index (χ2v) is 7.32. The summed E-state index contributed by atoms with van der Waals surface area (Å²) in [4.78, 5) is 27.2. The minimum atomic E-state index is -0.503. The Morgan fingerprint density at radius 1 is 1.22 bits per heavy atom. The van der Waals surface area contributed by atoms with Gasteiger partial charge in [-0.25, -0.2) is 4.39 Å². The first-order valence-corrected chi connectivity index (χ1v) is 9.44. The minimum absolute atomic E-state index is 0.119. The Balaban J connectivity index is 1.65. The third-order valence-corrected chi connectivity index (χ3v) is 5.11. The van der Waals surface area contributed by atoms with Gasteiger partial charge in [-0.2, -0.15) is 0 Å². The molecule has 0 saturated carbocycles. The number of halogens is 2. The van der Waals surface area contributed by atoms with Crippen LogP contribution in [0.1, 0.15) is 25.3 Å². The molecule has 3 rings (SSSR count). The maximum atomic E-state index is 13.9. The molecule has 1 N–H and O–H groups in total. The zero-order valence-corrected chi connectivity index (χ0v) is 15.9. The number of benzene rings is 2. The third-order valence-electron chi connectivity index (χ3n) is 4.86. The molecule has 2 atom stereocenters. The summed E-state index contributed by atoms with van der Waals surface area (Å²) < 4.78 is 13.9. The van der Waals surface area contributed by atoms with E-state index in [1.165, 1.54) is 6.07 Å². The summed E-state index contributed by atoms with van der Waals surface area (Å²) in [7, 11) is 0. The lowest BCUT2D eigenvalue weighted by Gasteiger charge is -2.27. The second kappa shape index (κ2) is 8.53. The average molecular weight is 389 g/mol. The Morgan fingerprint density at radius 2 is 1.93 bits per heavy atom. The van der Waals surface area contributed by atoms with Crippen LogP contribution in [0.5, 0.6) is 0 Å². The largest absolute Gasteiger partial charge is 0.330 e. The van der Waals surface area contributed by atoms with Crippen LogP contribution in [-0.2, 0) is 16.0 Å². The van der Waals surface area contributed by atoms with Crippen LogP contribution in [0.25, 0.3) is 0 Å². The number of hydrogen-bond donors (Lipinski definition) is 1. The summed E-state index contributed by atoms with van der Waals surface area (Å²) in [6, 6.07) is 12.8. The number of nitrogens with zero attached hydrogens (tertiary/aromatic N) is 1. The van der Waals surface area contributed by atoms with Gasteiger partial charge in [0.1, 0.15) is 11.9 Å². The molecule has 1 unspecified atom stereocenters. The van der Waals surface area contributed by atoms with E-state index in [4.69, 9.17) is 11.6 Å². The van der Waals surface area contributed by atoms with Gasteiger partial charge in [-0.1, -0.05) is 36.7 Å². The van der Waals surface area contributed by atoms with Crippen LogP contribution in [-0.4, -0.2) is 29.3 Å². The van der Waals surface area contributed by atoms with E-state index in [9.17, 15) is 14.0 Å². The van der Waals surface area contributed by atoms with Gasteiger partial charge in [0.15, 0.2) is 0 Å². The van der Waals surface area contributed by atoms with Crippen LogP contribution < -0.4 is 5.32 Å². The molecule has 1 aliphatic heterocycles. The minimum Gasteiger partial charge on any atom is -0.330 e. The molecule has 4 nitrogen and oxygen atoms in total. The molecule has 27 heavy (non-hydrogen) atoms. The smallest absolute Gasteiger partial charge is 0.247 e. The lowest BCUT2D eigenvalue weighted by Crippen LogP contribution is -2.45. The molecule has 1 fully saturated rings. The van der Waals surface area contributed by atoms with Crippen molar-refractivity contribution in [2.24, 2.45) is 5.92 Å². The summed E-state index contributed by atoms with van der Waals surface area (Å²) in [6.07, 6.45) is 1.71. The van der Waals surface area contributed by atoms with E-state index in [2.05, 4.69) is 5.32 Å². The molecule has 6 heteroatoms. The summed E-state index contributed by atoms with van der Waals surface area (Å²) in [5, 5.41) is 3.43. The molecule has 0 aliphatic carbocycles.